The summed E-state index contributed by atoms with van der Waals surface area (Å²) in [5, 5.41) is 19.1. The molecule has 2 aromatic rings. The number of phenols is 2. The molecule has 0 bridgehead atoms. The molecular formula is C19H24O2. The molecule has 0 aliphatic carbocycles. The number of rotatable bonds is 6. The molecule has 0 aliphatic rings. The van der Waals surface area contributed by atoms with Crippen molar-refractivity contribution >= 4 is 0 Å². The Morgan fingerprint density at radius 2 is 1.19 bits per heavy atom. The predicted octanol–water partition coefficient (Wildman–Crippen LogP) is 4.98. The molecule has 2 N–H and O–H groups in total. The van der Waals surface area contributed by atoms with Gasteiger partial charge in [-0.2, -0.15) is 0 Å². The topological polar surface area (TPSA) is 40.5 Å². The zero-order valence-corrected chi connectivity index (χ0v) is 12.8. The van der Waals surface area contributed by atoms with Crippen molar-refractivity contribution in [3.8, 4) is 11.5 Å². The number of unbranched alkanes of at least 4 members (excludes halogenated alkanes) is 1. The van der Waals surface area contributed by atoms with Gasteiger partial charge in [-0.25, -0.2) is 0 Å². The third kappa shape index (κ3) is 3.21. The third-order valence-corrected chi connectivity index (χ3v) is 4.40. The van der Waals surface area contributed by atoms with Gasteiger partial charge in [0.25, 0.3) is 0 Å². The first-order valence-electron chi connectivity index (χ1n) is 7.71. The van der Waals surface area contributed by atoms with Crippen molar-refractivity contribution in [2.75, 3.05) is 0 Å². The average Bonchev–Trinajstić information content (AvgIpc) is 2.51. The summed E-state index contributed by atoms with van der Waals surface area (Å²) >= 11 is 0. The van der Waals surface area contributed by atoms with Crippen LogP contribution >= 0.6 is 0 Å². The number of benzene rings is 2. The van der Waals surface area contributed by atoms with Gasteiger partial charge in [0.05, 0.1) is 0 Å². The molecule has 112 valence electrons. The maximum atomic E-state index is 9.55. The fraction of sp³-hybridized carbons (Fsp3) is 0.368. The van der Waals surface area contributed by atoms with Crippen LogP contribution in [-0.4, -0.2) is 10.2 Å². The highest BCUT2D eigenvalue weighted by molar-refractivity contribution is 5.42. The Morgan fingerprint density at radius 3 is 1.52 bits per heavy atom. The van der Waals surface area contributed by atoms with Gasteiger partial charge in [-0.3, -0.25) is 0 Å². The predicted molar refractivity (Wildman–Crippen MR) is 86.8 cm³/mol. The number of hydrogen-bond acceptors (Lipinski definition) is 2. The van der Waals surface area contributed by atoms with Crippen LogP contribution in [0.25, 0.3) is 0 Å². The Bertz CT molecular complexity index is 510. The lowest BCUT2D eigenvalue weighted by atomic mass is 9.69. The summed E-state index contributed by atoms with van der Waals surface area (Å²) < 4.78 is 0. The van der Waals surface area contributed by atoms with Gasteiger partial charge in [-0.05, 0) is 48.2 Å². The summed E-state index contributed by atoms with van der Waals surface area (Å²) in [5.41, 5.74) is 2.39. The van der Waals surface area contributed by atoms with Crippen LogP contribution in [0.4, 0.5) is 0 Å². The molecular weight excluding hydrogens is 260 g/mol. The molecule has 0 aromatic heterocycles. The first-order chi connectivity index (χ1) is 10.1. The Hall–Kier alpha value is -1.96. The van der Waals surface area contributed by atoms with Gasteiger partial charge in [0.15, 0.2) is 0 Å². The highest BCUT2D eigenvalue weighted by atomic mass is 16.3. The van der Waals surface area contributed by atoms with Crippen molar-refractivity contribution in [3.05, 3.63) is 59.7 Å². The van der Waals surface area contributed by atoms with Crippen LogP contribution in [-0.2, 0) is 5.41 Å². The van der Waals surface area contributed by atoms with Crippen molar-refractivity contribution in [3.63, 3.8) is 0 Å². The Labute approximate surface area is 127 Å². The highest BCUT2D eigenvalue weighted by Gasteiger charge is 2.31. The molecule has 2 heteroatoms. The smallest absolute Gasteiger partial charge is 0.115 e. The molecule has 2 aromatic carbocycles. The minimum Gasteiger partial charge on any atom is -0.508 e. The van der Waals surface area contributed by atoms with Gasteiger partial charge < -0.3 is 10.2 Å². The zero-order valence-electron chi connectivity index (χ0n) is 12.8. The van der Waals surface area contributed by atoms with E-state index in [4.69, 9.17) is 0 Å². The molecule has 0 unspecified atom stereocenters. The second kappa shape index (κ2) is 6.66. The SMILES string of the molecule is CCCCC(CC)(c1ccc(O)cc1)c1ccc(O)cc1. The van der Waals surface area contributed by atoms with Crippen molar-refractivity contribution in [2.24, 2.45) is 0 Å². The lowest BCUT2D eigenvalue weighted by Crippen LogP contribution is -2.27. The number of aromatic hydroxyl groups is 2. The molecule has 0 saturated heterocycles. The van der Waals surface area contributed by atoms with Crippen molar-refractivity contribution in [1.29, 1.82) is 0 Å². The maximum absolute atomic E-state index is 9.55. The van der Waals surface area contributed by atoms with Crippen LogP contribution in [0.2, 0.25) is 0 Å². The molecule has 0 amide bonds. The molecule has 2 nitrogen and oxygen atoms in total. The van der Waals surface area contributed by atoms with Crippen molar-refractivity contribution in [2.45, 2.75) is 44.9 Å². The van der Waals surface area contributed by atoms with Crippen LogP contribution in [0, 0.1) is 0 Å². The summed E-state index contributed by atoms with van der Waals surface area (Å²) in [4.78, 5) is 0. The standard InChI is InChI=1S/C19H24O2/c1-3-5-14-19(4-2,15-6-10-17(20)11-7-15)16-8-12-18(21)13-9-16/h6-13,20-21H,3-5,14H2,1-2H3. The van der Waals surface area contributed by atoms with Gasteiger partial charge in [0.1, 0.15) is 11.5 Å². The van der Waals surface area contributed by atoms with Gasteiger partial charge in [-0.1, -0.05) is 51.0 Å². The normalized spacial score (nSPS) is 11.5. The molecule has 0 radical (unpaired) electrons. The first-order valence-corrected chi connectivity index (χ1v) is 7.71. The second-order valence-electron chi connectivity index (χ2n) is 5.63. The van der Waals surface area contributed by atoms with E-state index in [1.54, 1.807) is 24.3 Å². The summed E-state index contributed by atoms with van der Waals surface area (Å²) in [7, 11) is 0. The molecule has 21 heavy (non-hydrogen) atoms. The van der Waals surface area contributed by atoms with Gasteiger partial charge in [0.2, 0.25) is 0 Å². The second-order valence-corrected chi connectivity index (χ2v) is 5.63. The van der Waals surface area contributed by atoms with E-state index in [9.17, 15) is 10.2 Å². The van der Waals surface area contributed by atoms with E-state index >= 15 is 0 Å². The van der Waals surface area contributed by atoms with Crippen molar-refractivity contribution < 1.29 is 10.2 Å². The van der Waals surface area contributed by atoms with E-state index in [0.717, 1.165) is 25.7 Å². The molecule has 0 heterocycles. The molecule has 0 saturated carbocycles. The van der Waals surface area contributed by atoms with E-state index in [1.807, 2.05) is 24.3 Å². The molecule has 0 spiro atoms. The molecule has 0 fully saturated rings. The Kier molecular flexibility index (Phi) is 4.89. The van der Waals surface area contributed by atoms with Crippen molar-refractivity contribution in [1.82, 2.24) is 0 Å². The monoisotopic (exact) mass is 284 g/mol. The summed E-state index contributed by atoms with van der Waals surface area (Å²) in [5.74, 6) is 0.593. The number of hydrogen-bond donors (Lipinski definition) is 2. The lowest BCUT2D eigenvalue weighted by Gasteiger charge is -2.34. The van der Waals surface area contributed by atoms with E-state index in [1.165, 1.54) is 11.1 Å². The average molecular weight is 284 g/mol. The summed E-state index contributed by atoms with van der Waals surface area (Å²) in [6.45, 7) is 4.41. The van der Waals surface area contributed by atoms with Crippen LogP contribution in [0.15, 0.2) is 48.5 Å². The Morgan fingerprint density at radius 1 is 0.762 bits per heavy atom. The highest BCUT2D eigenvalue weighted by Crippen LogP contribution is 2.41. The van der Waals surface area contributed by atoms with E-state index in [2.05, 4.69) is 13.8 Å². The zero-order chi connectivity index (χ0) is 15.3. The summed E-state index contributed by atoms with van der Waals surface area (Å²) in [6.07, 6.45) is 4.35. The van der Waals surface area contributed by atoms with Gasteiger partial charge in [0, 0.05) is 5.41 Å². The minimum absolute atomic E-state index is 0.0581. The van der Waals surface area contributed by atoms with Gasteiger partial charge in [-0.15, -0.1) is 0 Å². The summed E-state index contributed by atoms with van der Waals surface area (Å²) in [6, 6.07) is 15.1. The van der Waals surface area contributed by atoms with Crippen LogP contribution in [0.5, 0.6) is 11.5 Å². The maximum Gasteiger partial charge on any atom is 0.115 e. The lowest BCUT2D eigenvalue weighted by molar-refractivity contribution is 0.433. The van der Waals surface area contributed by atoms with E-state index in [0.29, 0.717) is 11.5 Å². The van der Waals surface area contributed by atoms with Crippen LogP contribution in [0.1, 0.15) is 50.7 Å². The van der Waals surface area contributed by atoms with Crippen LogP contribution in [0.3, 0.4) is 0 Å². The van der Waals surface area contributed by atoms with Crippen LogP contribution < -0.4 is 0 Å². The first kappa shape index (κ1) is 15.4. The van der Waals surface area contributed by atoms with E-state index < -0.39 is 0 Å². The largest absolute Gasteiger partial charge is 0.508 e. The fourth-order valence-electron chi connectivity index (χ4n) is 3.08. The van der Waals surface area contributed by atoms with E-state index in [-0.39, 0.29) is 5.41 Å². The fourth-order valence-corrected chi connectivity index (χ4v) is 3.08. The molecule has 0 aliphatic heterocycles. The Balaban J connectivity index is 2.51. The third-order valence-electron chi connectivity index (χ3n) is 4.40. The number of phenolic OH excluding ortho intramolecular Hbond substituents is 2. The minimum atomic E-state index is -0.0581. The molecule has 0 atom stereocenters. The molecule has 2 rings (SSSR count). The quantitative estimate of drug-likeness (QED) is 0.785. The van der Waals surface area contributed by atoms with Gasteiger partial charge >= 0.3 is 0 Å².